The van der Waals surface area contributed by atoms with Crippen molar-refractivity contribution in [2.24, 2.45) is 16.7 Å². The van der Waals surface area contributed by atoms with E-state index in [0.717, 1.165) is 27.7 Å². The quantitative estimate of drug-likeness (QED) is 0.102. The normalized spacial score (nSPS) is 29.8. The fourth-order valence-corrected chi connectivity index (χ4v) is 10.8. The number of aliphatic hydroxyl groups excluding tert-OH is 2. The number of nitrogens with one attached hydrogen (secondary N) is 1. The highest BCUT2D eigenvalue weighted by Crippen LogP contribution is 2.64. The van der Waals surface area contributed by atoms with Gasteiger partial charge in [-0.05, 0) is 68.7 Å². The van der Waals surface area contributed by atoms with Crippen LogP contribution in [0, 0.1) is 16.7 Å². The molecule has 3 fully saturated rings. The summed E-state index contributed by atoms with van der Waals surface area (Å²) >= 11 is 0. The summed E-state index contributed by atoms with van der Waals surface area (Å²) in [6, 6.07) is 21.9. The number of ketones is 1. The van der Waals surface area contributed by atoms with Crippen molar-refractivity contribution in [1.29, 1.82) is 0 Å². The minimum atomic E-state index is -2.52. The number of amides is 1. The van der Waals surface area contributed by atoms with Crippen LogP contribution in [0.1, 0.15) is 101 Å². The monoisotopic (exact) mass is 997 g/mol. The summed E-state index contributed by atoms with van der Waals surface area (Å²) in [6.07, 6.45) is -14.7. The smallest absolute Gasteiger partial charge is 0.350 e. The Balaban J connectivity index is 1.42. The number of carbonyl (C=O) groups is 8. The van der Waals surface area contributed by atoms with Gasteiger partial charge in [0, 0.05) is 37.7 Å². The Kier molecular flexibility index (Phi) is 15.0. The number of fused-ring (bicyclic) bond motifs is 5. The number of rotatable bonds is 14. The van der Waals surface area contributed by atoms with Crippen LogP contribution >= 0.6 is 0 Å². The Bertz CT molecular complexity index is 2640. The summed E-state index contributed by atoms with van der Waals surface area (Å²) in [5, 5.41) is 38.7. The van der Waals surface area contributed by atoms with E-state index in [9.17, 15) is 44.1 Å². The van der Waals surface area contributed by atoms with Crippen LogP contribution in [0.5, 0.6) is 0 Å². The molecule has 3 aromatic rings. The number of aliphatic hydroxyl groups is 3. The van der Waals surface area contributed by atoms with Crippen molar-refractivity contribution in [2.45, 2.75) is 134 Å². The van der Waals surface area contributed by atoms with E-state index in [0.29, 0.717) is 0 Å². The molecule has 2 bridgehead atoms. The maximum atomic E-state index is 15.7. The van der Waals surface area contributed by atoms with Gasteiger partial charge in [-0.2, -0.15) is 0 Å². The molecule has 1 amide bonds. The number of carbonyl (C=O) groups excluding carboxylic acids is 8. The molecule has 0 radical (unpaired) electrons. The highest BCUT2D eigenvalue weighted by molar-refractivity contribution is 5.96. The summed E-state index contributed by atoms with van der Waals surface area (Å²) in [4.78, 5) is 112. The van der Waals surface area contributed by atoms with Crippen LogP contribution in [-0.2, 0) is 61.9 Å². The van der Waals surface area contributed by atoms with Crippen molar-refractivity contribution < 1.29 is 86.8 Å². The zero-order valence-electron chi connectivity index (χ0n) is 41.0. The van der Waals surface area contributed by atoms with Gasteiger partial charge >= 0.3 is 35.8 Å². The second-order valence-electron chi connectivity index (χ2n) is 19.5. The molecule has 0 spiro atoms. The summed E-state index contributed by atoms with van der Waals surface area (Å²) in [7, 11) is 0. The van der Waals surface area contributed by atoms with Crippen LogP contribution in [0.4, 0.5) is 0 Å². The summed E-state index contributed by atoms with van der Waals surface area (Å²) in [5.74, 6) is -9.92. The third kappa shape index (κ3) is 9.53. The second-order valence-corrected chi connectivity index (χ2v) is 19.5. The van der Waals surface area contributed by atoms with Gasteiger partial charge in [0.05, 0.1) is 29.6 Å². The SMILES string of the molecule is CC(=O)O[C@H]1C(=O)[C@@]2(C)C(C(OC(=O)c3ccccc3)[C@]3(O)CC(OC(=O)[C@H](OC(=O)[C@H](C)OC(=O)[C@H](C)O)C(NC(=O)c4ccccc4)c4ccccc4)C(C)=C1C3(C)C)[C@]1(OC(C)=O)CO[C@@H]1C[C@@H]2O. The molecule has 1 saturated heterocycles. The fraction of sp³-hybridized carbons (Fsp3) is 0.472. The Morgan fingerprint density at radius 1 is 0.764 bits per heavy atom. The zero-order valence-corrected chi connectivity index (χ0v) is 41.0. The lowest BCUT2D eigenvalue weighted by Crippen LogP contribution is -2.82. The van der Waals surface area contributed by atoms with Gasteiger partial charge in [-0.15, -0.1) is 0 Å². The molecule has 4 N–H and O–H groups in total. The molecular weight excluding hydrogens is 939 g/mol. The minimum absolute atomic E-state index is 0.0133. The number of Topliss-reactive ketones (excluding diaryl/α,β-unsaturated/α-hetero) is 1. The second kappa shape index (κ2) is 20.4. The van der Waals surface area contributed by atoms with Gasteiger partial charge in [-0.25, -0.2) is 19.2 Å². The topological polar surface area (TPSA) is 274 Å². The molecule has 0 aromatic heterocycles. The highest BCUT2D eigenvalue weighted by atomic mass is 16.6. The summed E-state index contributed by atoms with van der Waals surface area (Å²) in [5.41, 5.74) is -7.94. The molecule has 4 aliphatic rings. The molecule has 13 atom stereocenters. The number of hydrogen-bond donors (Lipinski definition) is 4. The molecule has 7 rings (SSSR count). The maximum Gasteiger partial charge on any atom is 0.350 e. The Morgan fingerprint density at radius 2 is 1.35 bits per heavy atom. The lowest BCUT2D eigenvalue weighted by Gasteiger charge is -2.67. The van der Waals surface area contributed by atoms with Gasteiger partial charge in [-0.1, -0.05) is 80.6 Å². The van der Waals surface area contributed by atoms with Gasteiger partial charge in [0.15, 0.2) is 23.6 Å². The summed E-state index contributed by atoms with van der Waals surface area (Å²) in [6.45, 7) is 9.88. The Morgan fingerprint density at radius 3 is 1.89 bits per heavy atom. The van der Waals surface area contributed by atoms with Gasteiger partial charge in [0.1, 0.15) is 36.1 Å². The third-order valence-electron chi connectivity index (χ3n) is 14.7. The van der Waals surface area contributed by atoms with Crippen LogP contribution in [0.15, 0.2) is 102 Å². The van der Waals surface area contributed by atoms with Crippen molar-refractivity contribution in [2.75, 3.05) is 6.61 Å². The molecule has 3 aliphatic carbocycles. The van der Waals surface area contributed by atoms with Crippen LogP contribution in [0.25, 0.3) is 0 Å². The van der Waals surface area contributed by atoms with Crippen LogP contribution in [-0.4, -0.2) is 129 Å². The zero-order chi connectivity index (χ0) is 52.7. The fourth-order valence-electron chi connectivity index (χ4n) is 10.8. The minimum Gasteiger partial charge on any atom is -0.455 e. The molecule has 384 valence electrons. The van der Waals surface area contributed by atoms with Gasteiger partial charge in [0.2, 0.25) is 6.10 Å². The molecule has 3 aromatic carbocycles. The largest absolute Gasteiger partial charge is 0.455 e. The van der Waals surface area contributed by atoms with E-state index in [2.05, 4.69) is 5.32 Å². The molecule has 19 heteroatoms. The van der Waals surface area contributed by atoms with E-state index < -0.39 is 137 Å². The average Bonchev–Trinajstić information content (AvgIpc) is 3.33. The predicted octanol–water partition coefficient (Wildman–Crippen LogP) is 3.60. The van der Waals surface area contributed by atoms with Crippen LogP contribution < -0.4 is 5.32 Å². The van der Waals surface area contributed by atoms with Gasteiger partial charge < -0.3 is 53.8 Å². The Labute approximate surface area is 415 Å². The van der Waals surface area contributed by atoms with Crippen molar-refractivity contribution in [3.05, 3.63) is 119 Å². The van der Waals surface area contributed by atoms with Crippen molar-refractivity contribution in [1.82, 2.24) is 5.32 Å². The lowest BCUT2D eigenvalue weighted by molar-refractivity contribution is -0.346. The van der Waals surface area contributed by atoms with Crippen molar-refractivity contribution in [3.63, 3.8) is 0 Å². The number of hydrogen-bond acceptors (Lipinski definition) is 18. The van der Waals surface area contributed by atoms with Gasteiger partial charge in [-0.3, -0.25) is 19.2 Å². The Hall–Kier alpha value is -6.80. The van der Waals surface area contributed by atoms with E-state index >= 15 is 9.59 Å². The number of esters is 6. The van der Waals surface area contributed by atoms with Crippen molar-refractivity contribution >= 4 is 47.5 Å². The molecule has 2 saturated carbocycles. The van der Waals surface area contributed by atoms with Crippen LogP contribution in [0.2, 0.25) is 0 Å². The molecule has 19 nitrogen and oxygen atoms in total. The first kappa shape index (κ1) is 53.0. The van der Waals surface area contributed by atoms with E-state index in [4.69, 9.17) is 33.2 Å². The van der Waals surface area contributed by atoms with E-state index in [1.807, 2.05) is 0 Å². The molecule has 72 heavy (non-hydrogen) atoms. The lowest BCUT2D eigenvalue weighted by atomic mass is 9.44. The van der Waals surface area contributed by atoms with E-state index in [1.165, 1.54) is 64.1 Å². The molecule has 1 aliphatic heterocycles. The van der Waals surface area contributed by atoms with Gasteiger partial charge in [0.25, 0.3) is 5.91 Å². The van der Waals surface area contributed by atoms with E-state index in [1.54, 1.807) is 54.6 Å². The standard InChI is InChI=1S/C53H59NO18/c1-27-35(69-49(64)41(70-47(62)29(3)67-46(61)28(2)55)39(32-18-12-9-13-19-32)54-45(60)33-20-14-10-15-21-33)25-53(65)44(71-48(63)34-22-16-11-17-23-34)42-51(8,36(58)24-37-52(42,26-66-37)72-31(5)57)43(59)40(68-30(4)56)38(27)50(53,6)7/h9-23,28-29,35-37,39-42,44,55,58,65H,24-26H2,1-8H3,(H,54,60)/t28-,29-,35?,36-,37+,39?,40+,41+,42?,44?,51+,52-,53+/m0/s1. The summed E-state index contributed by atoms with van der Waals surface area (Å²) < 4.78 is 41.6. The first-order valence-corrected chi connectivity index (χ1v) is 23.5. The number of ether oxygens (including phenoxy) is 7. The van der Waals surface area contributed by atoms with Crippen molar-refractivity contribution in [3.8, 4) is 0 Å². The third-order valence-corrected chi connectivity index (χ3v) is 14.7. The van der Waals surface area contributed by atoms with Crippen LogP contribution in [0.3, 0.4) is 0 Å². The maximum absolute atomic E-state index is 15.7. The first-order chi connectivity index (χ1) is 33.9. The predicted molar refractivity (Wildman–Crippen MR) is 249 cm³/mol. The average molecular weight is 998 g/mol. The highest BCUT2D eigenvalue weighted by Gasteiger charge is 2.78. The molecule has 4 unspecified atom stereocenters. The molecular formula is C53H59NO18. The molecule has 1 heterocycles. The first-order valence-electron chi connectivity index (χ1n) is 23.5. The number of benzene rings is 3. The van der Waals surface area contributed by atoms with E-state index in [-0.39, 0.29) is 40.9 Å².